The van der Waals surface area contributed by atoms with Gasteiger partial charge in [0.15, 0.2) is 6.29 Å². The summed E-state index contributed by atoms with van der Waals surface area (Å²) in [5.41, 5.74) is 24.4. The second-order valence-corrected chi connectivity index (χ2v) is 9.84. The summed E-state index contributed by atoms with van der Waals surface area (Å²) in [6.45, 7) is 0.0175. The molecule has 10 atom stereocenters. The van der Waals surface area contributed by atoms with Crippen molar-refractivity contribution in [3.63, 3.8) is 0 Å². The van der Waals surface area contributed by atoms with Gasteiger partial charge in [0.05, 0.1) is 18.6 Å². The molecule has 1 aromatic carbocycles. The minimum atomic E-state index is -3.84. The molecule has 3 fully saturated rings. The van der Waals surface area contributed by atoms with Crippen LogP contribution >= 0.6 is 0 Å². The lowest BCUT2D eigenvalue weighted by atomic mass is 9.83. The van der Waals surface area contributed by atoms with Gasteiger partial charge in [0, 0.05) is 12.1 Å². The summed E-state index contributed by atoms with van der Waals surface area (Å²) in [5, 5.41) is 20.8. The molecule has 2 heterocycles. The highest BCUT2D eigenvalue weighted by Crippen LogP contribution is 2.39. The van der Waals surface area contributed by atoms with Gasteiger partial charge in [-0.2, -0.15) is 9.95 Å². The van der Waals surface area contributed by atoms with Crippen LogP contribution in [0.2, 0.25) is 0 Å². The van der Waals surface area contributed by atoms with Crippen LogP contribution < -0.4 is 22.9 Å². The van der Waals surface area contributed by atoms with E-state index in [1.807, 2.05) is 6.07 Å². The molecule has 1 amide bonds. The van der Waals surface area contributed by atoms with Crippen molar-refractivity contribution in [1.82, 2.24) is 5.06 Å². The maximum atomic E-state index is 15.8. The lowest BCUT2D eigenvalue weighted by molar-refractivity contribution is -0.444. The number of hydrogen-bond acceptors (Lipinski definition) is 13. The minimum Gasteiger partial charge on any atom is -0.443 e. The summed E-state index contributed by atoms with van der Waals surface area (Å²) in [6.07, 6.45) is -11.5. The van der Waals surface area contributed by atoms with E-state index in [1.54, 1.807) is 24.3 Å². The Hall–Kier alpha value is -2.09. The molecule has 4 rings (SSSR count). The number of aliphatic hydroxyl groups is 2. The number of carbonyl (C=O) groups excluding carboxylic acids is 1. The molecule has 1 saturated carbocycles. The molecule has 39 heavy (non-hydrogen) atoms. The van der Waals surface area contributed by atoms with Crippen LogP contribution in [0.15, 0.2) is 30.3 Å². The molecule has 1 aromatic rings. The number of rotatable bonds is 6. The summed E-state index contributed by atoms with van der Waals surface area (Å²) in [7, 11) is 0. The summed E-state index contributed by atoms with van der Waals surface area (Å²) < 4.78 is 47.7. The predicted octanol–water partition coefficient (Wildman–Crippen LogP) is -1.24. The Morgan fingerprint density at radius 1 is 0.949 bits per heavy atom. The van der Waals surface area contributed by atoms with Crippen molar-refractivity contribution in [2.24, 2.45) is 22.9 Å². The maximum absolute atomic E-state index is 15.8. The van der Waals surface area contributed by atoms with Gasteiger partial charge in [-0.1, -0.05) is 30.3 Å². The van der Waals surface area contributed by atoms with E-state index in [4.69, 9.17) is 46.9 Å². The quantitative estimate of drug-likeness (QED) is 0.223. The van der Waals surface area contributed by atoms with Gasteiger partial charge in [0.2, 0.25) is 12.6 Å². The molecule has 0 bridgehead atoms. The van der Waals surface area contributed by atoms with E-state index < -0.39 is 73.4 Å². The molecule has 16 heteroatoms. The number of carbonyl (C=O) groups is 1. The van der Waals surface area contributed by atoms with E-state index in [0.29, 0.717) is 0 Å². The van der Waals surface area contributed by atoms with Crippen LogP contribution in [0.3, 0.4) is 0 Å². The van der Waals surface area contributed by atoms with E-state index in [-0.39, 0.29) is 32.4 Å². The monoisotopic (exact) mass is 563 g/mol. The number of hydrogen-bond donors (Lipinski definition) is 6. The fourth-order valence-electron chi connectivity index (χ4n) is 4.54. The number of benzene rings is 1. The number of nitrogens with two attached hydrogens (primary N) is 4. The number of hydroxylamine groups is 2. The third-order valence-electron chi connectivity index (χ3n) is 6.74. The highest BCUT2D eigenvalue weighted by atomic mass is 19.3. The molecule has 2 aliphatic heterocycles. The molecular formula is C23H35F2N5O9. The van der Waals surface area contributed by atoms with Crippen LogP contribution in [0.1, 0.15) is 24.8 Å². The SMILES string of the molecule is NC1CC(O)C(OC2C(N)CC(N)C(OC3ON(C(=O)OCc4ccccc4)CCC3N)C2(F)F)OOC1O. The van der Waals surface area contributed by atoms with E-state index in [1.165, 1.54) is 0 Å². The van der Waals surface area contributed by atoms with Crippen molar-refractivity contribution in [3.8, 4) is 0 Å². The standard InChI is InChI=1S/C23H35F2N5O9/c24-23(25)17(13(27)8-14(28)18(23)36-21-16(31)9-15(29)19(32)38-39-21)35-20-12(26)6-7-30(37-20)22(33)34-10-11-4-2-1-3-5-11/h1-5,12-21,31-32H,6-10,26-29H2. The maximum Gasteiger partial charge on any atom is 0.434 e. The molecule has 1 aliphatic carbocycles. The zero-order valence-electron chi connectivity index (χ0n) is 21.0. The van der Waals surface area contributed by atoms with Gasteiger partial charge in [-0.3, -0.25) is 0 Å². The van der Waals surface area contributed by atoms with Crippen LogP contribution in [0.5, 0.6) is 0 Å². The topological polar surface area (TPSA) is 220 Å². The van der Waals surface area contributed by atoms with E-state index in [0.717, 1.165) is 10.6 Å². The number of ether oxygens (including phenoxy) is 3. The summed E-state index contributed by atoms with van der Waals surface area (Å²) in [6, 6.07) is 4.44. The van der Waals surface area contributed by atoms with Gasteiger partial charge in [0.25, 0.3) is 0 Å². The first-order valence-corrected chi connectivity index (χ1v) is 12.5. The lowest BCUT2D eigenvalue weighted by Crippen LogP contribution is -2.69. The predicted molar refractivity (Wildman–Crippen MR) is 127 cm³/mol. The Morgan fingerprint density at radius 3 is 2.26 bits per heavy atom. The molecule has 0 spiro atoms. The number of amides is 1. The van der Waals surface area contributed by atoms with Gasteiger partial charge >= 0.3 is 12.0 Å². The summed E-state index contributed by atoms with van der Waals surface area (Å²) in [4.78, 5) is 27.4. The molecule has 0 radical (unpaired) electrons. The van der Waals surface area contributed by atoms with Crippen molar-refractivity contribution >= 4 is 6.09 Å². The largest absolute Gasteiger partial charge is 0.443 e. The lowest BCUT2D eigenvalue weighted by Gasteiger charge is -2.47. The van der Waals surface area contributed by atoms with Crippen LogP contribution in [0.25, 0.3) is 0 Å². The van der Waals surface area contributed by atoms with E-state index >= 15 is 8.78 Å². The van der Waals surface area contributed by atoms with Gasteiger partial charge in [-0.25, -0.2) is 23.3 Å². The first kappa shape index (κ1) is 29.9. The highest BCUT2D eigenvalue weighted by Gasteiger charge is 2.60. The van der Waals surface area contributed by atoms with Crippen molar-refractivity contribution in [1.29, 1.82) is 0 Å². The smallest absolute Gasteiger partial charge is 0.434 e. The van der Waals surface area contributed by atoms with Gasteiger partial charge in [0.1, 0.15) is 24.9 Å². The number of aliphatic hydroxyl groups excluding tert-OH is 2. The fraction of sp³-hybridized carbons (Fsp3) is 0.696. The zero-order chi connectivity index (χ0) is 28.3. The average molecular weight is 564 g/mol. The Kier molecular flexibility index (Phi) is 9.66. The molecule has 2 saturated heterocycles. The summed E-state index contributed by atoms with van der Waals surface area (Å²) >= 11 is 0. The number of halogens is 2. The Bertz CT molecular complexity index is 954. The van der Waals surface area contributed by atoms with Gasteiger partial charge in [-0.15, -0.1) is 0 Å². The number of nitrogens with zero attached hydrogens (tertiary/aromatic N) is 1. The first-order chi connectivity index (χ1) is 18.5. The van der Waals surface area contributed by atoms with Crippen molar-refractivity contribution in [3.05, 3.63) is 35.9 Å². The Morgan fingerprint density at radius 2 is 1.59 bits per heavy atom. The second-order valence-electron chi connectivity index (χ2n) is 9.84. The molecule has 3 aliphatic rings. The van der Waals surface area contributed by atoms with E-state index in [2.05, 4.69) is 4.89 Å². The van der Waals surface area contributed by atoms with Crippen LogP contribution in [-0.4, -0.2) is 95.2 Å². The Labute approximate surface area is 222 Å². The summed E-state index contributed by atoms with van der Waals surface area (Å²) in [5.74, 6) is -3.84. The average Bonchev–Trinajstić information content (AvgIpc) is 3.01. The number of alkyl halides is 2. The van der Waals surface area contributed by atoms with E-state index in [9.17, 15) is 15.0 Å². The third kappa shape index (κ3) is 6.98. The molecule has 10 N–H and O–H groups in total. The van der Waals surface area contributed by atoms with Crippen LogP contribution in [0, 0.1) is 0 Å². The minimum absolute atomic E-state index is 0.0275. The molecule has 220 valence electrons. The normalized spacial score (nSPS) is 39.1. The zero-order valence-corrected chi connectivity index (χ0v) is 21.0. The third-order valence-corrected chi connectivity index (χ3v) is 6.74. The van der Waals surface area contributed by atoms with Crippen molar-refractivity contribution < 1.29 is 52.6 Å². The van der Waals surface area contributed by atoms with Crippen molar-refractivity contribution in [2.45, 2.75) is 93.1 Å². The van der Waals surface area contributed by atoms with Crippen LogP contribution in [0.4, 0.5) is 13.6 Å². The molecular weight excluding hydrogens is 528 g/mol. The second kappa shape index (κ2) is 12.6. The molecule has 0 aromatic heterocycles. The van der Waals surface area contributed by atoms with Crippen LogP contribution in [-0.2, 0) is 35.4 Å². The highest BCUT2D eigenvalue weighted by molar-refractivity contribution is 5.66. The fourth-order valence-corrected chi connectivity index (χ4v) is 4.54. The van der Waals surface area contributed by atoms with Gasteiger partial charge < -0.3 is 47.4 Å². The molecule has 14 nitrogen and oxygen atoms in total. The Balaban J connectivity index is 1.41. The van der Waals surface area contributed by atoms with Crippen molar-refractivity contribution in [2.75, 3.05) is 6.54 Å². The first-order valence-electron chi connectivity index (χ1n) is 12.5. The molecule has 10 unspecified atom stereocenters. The van der Waals surface area contributed by atoms with Gasteiger partial charge in [-0.05, 0) is 24.8 Å².